The molecule has 3 fully saturated rings. The predicted octanol–water partition coefficient (Wildman–Crippen LogP) is 5.75. The highest BCUT2D eigenvalue weighted by atomic mass is 32.2. The first kappa shape index (κ1) is 28.3. The maximum Gasteiger partial charge on any atom is 0.305 e. The smallest absolute Gasteiger partial charge is 0.305 e. The second-order valence-electron chi connectivity index (χ2n) is 12.5. The summed E-state index contributed by atoms with van der Waals surface area (Å²) in [6, 6.07) is 22.9. The van der Waals surface area contributed by atoms with Gasteiger partial charge in [-0.05, 0) is 79.5 Å². The second kappa shape index (κ2) is 10.7. The Bertz CT molecular complexity index is 1900. The van der Waals surface area contributed by atoms with E-state index in [9.17, 15) is 19.2 Å². The molecule has 2 aliphatic heterocycles. The predicted molar refractivity (Wildman–Crippen MR) is 174 cm³/mol. The Balaban J connectivity index is 1.06. The monoisotopic (exact) mass is 637 g/mol. The second-order valence-corrected chi connectivity index (χ2v) is 14.7. The van der Waals surface area contributed by atoms with Crippen LogP contribution >= 0.6 is 23.1 Å². The number of aromatic nitrogens is 1. The molecule has 8 nitrogen and oxygen atoms in total. The maximum atomic E-state index is 13.9. The largest absolute Gasteiger partial charge is 0.484 e. The van der Waals surface area contributed by atoms with Gasteiger partial charge in [0.05, 0.1) is 22.5 Å². The molecule has 0 radical (unpaired) electrons. The number of rotatable bonds is 6. The van der Waals surface area contributed by atoms with Gasteiger partial charge in [0, 0.05) is 21.7 Å². The van der Waals surface area contributed by atoms with Gasteiger partial charge >= 0.3 is 4.87 Å². The molecule has 7 atom stereocenters. The molecule has 2 saturated carbocycles. The lowest BCUT2D eigenvalue weighted by Gasteiger charge is -2.43. The minimum Gasteiger partial charge on any atom is -0.484 e. The minimum atomic E-state index is -0.347. The third-order valence-electron chi connectivity index (χ3n) is 10.0. The number of hydrogen-bond acceptors (Lipinski definition) is 7. The van der Waals surface area contributed by atoms with E-state index in [0.717, 1.165) is 38.7 Å². The van der Waals surface area contributed by atoms with Crippen LogP contribution in [0.15, 0.2) is 82.6 Å². The van der Waals surface area contributed by atoms with Gasteiger partial charge in [-0.3, -0.25) is 24.1 Å². The van der Waals surface area contributed by atoms with Crippen LogP contribution in [0.5, 0.6) is 5.75 Å². The highest BCUT2D eigenvalue weighted by Gasteiger charge is 2.69. The van der Waals surface area contributed by atoms with Crippen molar-refractivity contribution in [2.45, 2.75) is 36.5 Å². The summed E-state index contributed by atoms with van der Waals surface area (Å²) >= 11 is 2.92. The van der Waals surface area contributed by atoms with Crippen molar-refractivity contribution < 1.29 is 19.1 Å². The van der Waals surface area contributed by atoms with Gasteiger partial charge in [-0.25, -0.2) is 0 Å². The number of para-hydroxylation sites is 1. The van der Waals surface area contributed by atoms with Crippen molar-refractivity contribution in [2.75, 3.05) is 16.8 Å². The van der Waals surface area contributed by atoms with Crippen LogP contribution in [0.25, 0.3) is 0 Å². The van der Waals surface area contributed by atoms with E-state index in [1.807, 2.05) is 86.6 Å². The number of nitrogens with zero attached hydrogens (tertiary/aromatic N) is 1. The highest BCUT2D eigenvalue weighted by Crippen LogP contribution is 2.68. The average Bonchev–Trinajstić information content (AvgIpc) is 3.77. The molecule has 0 unspecified atom stereocenters. The number of carbonyl (C=O) groups is 3. The Morgan fingerprint density at radius 2 is 1.64 bits per heavy atom. The van der Waals surface area contributed by atoms with E-state index in [-0.39, 0.29) is 70.0 Å². The van der Waals surface area contributed by atoms with E-state index in [1.165, 1.54) is 16.2 Å². The molecule has 1 aromatic heterocycles. The molecule has 4 aliphatic rings. The van der Waals surface area contributed by atoms with Crippen molar-refractivity contribution in [1.82, 2.24) is 4.98 Å². The van der Waals surface area contributed by atoms with Crippen molar-refractivity contribution in [3.63, 3.8) is 0 Å². The van der Waals surface area contributed by atoms with Gasteiger partial charge in [0.15, 0.2) is 6.61 Å². The lowest BCUT2D eigenvalue weighted by molar-refractivity contribution is -0.123. The van der Waals surface area contributed by atoms with Gasteiger partial charge in [0.25, 0.3) is 5.91 Å². The molecule has 45 heavy (non-hydrogen) atoms. The first-order chi connectivity index (χ1) is 21.8. The summed E-state index contributed by atoms with van der Waals surface area (Å²) in [4.78, 5) is 58.2. The van der Waals surface area contributed by atoms with Crippen LogP contribution < -0.4 is 19.8 Å². The molecule has 8 rings (SSSR count). The van der Waals surface area contributed by atoms with Gasteiger partial charge in [0.1, 0.15) is 5.75 Å². The Kier molecular flexibility index (Phi) is 6.76. The van der Waals surface area contributed by atoms with Crippen molar-refractivity contribution in [3.05, 3.63) is 104 Å². The summed E-state index contributed by atoms with van der Waals surface area (Å²) in [6.45, 7) is 3.80. The Morgan fingerprint density at radius 3 is 2.38 bits per heavy atom. The van der Waals surface area contributed by atoms with E-state index < -0.39 is 0 Å². The summed E-state index contributed by atoms with van der Waals surface area (Å²) in [5.41, 5.74) is 4.48. The average molecular weight is 638 g/mol. The number of H-pyrrole nitrogens is 1. The lowest BCUT2D eigenvalue weighted by atomic mass is 9.68. The molecule has 0 spiro atoms. The number of hydrogen-bond donors (Lipinski definition) is 2. The van der Waals surface area contributed by atoms with Crippen LogP contribution in [0.1, 0.15) is 33.9 Å². The maximum absolute atomic E-state index is 13.9. The number of imide groups is 1. The number of anilines is 2. The highest BCUT2D eigenvalue weighted by molar-refractivity contribution is 8.00. The molecule has 2 aliphatic carbocycles. The Hall–Kier alpha value is -4.15. The number of ether oxygens (including phenoxy) is 1. The van der Waals surface area contributed by atoms with E-state index in [0.29, 0.717) is 11.4 Å². The number of thioether (sulfide) groups is 1. The minimum absolute atomic E-state index is 0.0424. The zero-order valence-corrected chi connectivity index (χ0v) is 26.3. The van der Waals surface area contributed by atoms with E-state index in [4.69, 9.17) is 4.74 Å². The Morgan fingerprint density at radius 1 is 0.933 bits per heavy atom. The number of aryl methyl sites for hydroxylation is 2. The van der Waals surface area contributed by atoms with Crippen LogP contribution in [0.2, 0.25) is 0 Å². The van der Waals surface area contributed by atoms with Crippen LogP contribution in [0, 0.1) is 43.4 Å². The molecule has 3 aromatic carbocycles. The topological polar surface area (TPSA) is 109 Å². The van der Waals surface area contributed by atoms with Gasteiger partial charge in [-0.2, -0.15) is 0 Å². The zero-order chi connectivity index (χ0) is 31.0. The number of nitrogens with one attached hydrogen (secondary N) is 2. The number of benzene rings is 3. The number of carbonyl (C=O) groups excluding carboxylic acids is 3. The summed E-state index contributed by atoms with van der Waals surface area (Å²) < 4.78 is 5.82. The quantitative estimate of drug-likeness (QED) is 0.261. The molecule has 1 saturated heterocycles. The van der Waals surface area contributed by atoms with Crippen molar-refractivity contribution in [1.29, 1.82) is 0 Å². The van der Waals surface area contributed by atoms with Gasteiger partial charge in [0.2, 0.25) is 11.8 Å². The number of aromatic amines is 1. The number of fused-ring (bicyclic) bond motifs is 9. The van der Waals surface area contributed by atoms with E-state index >= 15 is 0 Å². The zero-order valence-electron chi connectivity index (χ0n) is 24.7. The third-order valence-corrected chi connectivity index (χ3v) is 12.6. The summed E-state index contributed by atoms with van der Waals surface area (Å²) in [7, 11) is 0. The van der Waals surface area contributed by atoms with Crippen LogP contribution in [0.3, 0.4) is 0 Å². The van der Waals surface area contributed by atoms with Crippen molar-refractivity contribution in [2.24, 2.45) is 29.6 Å². The summed E-state index contributed by atoms with van der Waals surface area (Å²) in [6.07, 6.45) is 0.837. The summed E-state index contributed by atoms with van der Waals surface area (Å²) in [5, 5.41) is 3.88. The van der Waals surface area contributed by atoms with Crippen molar-refractivity contribution >= 4 is 52.2 Å². The number of thiazole rings is 1. The third kappa shape index (κ3) is 4.56. The van der Waals surface area contributed by atoms with Gasteiger partial charge in [-0.1, -0.05) is 59.4 Å². The Labute approximate surface area is 268 Å². The lowest BCUT2D eigenvalue weighted by Crippen LogP contribution is -2.42. The molecular weight excluding hydrogens is 607 g/mol. The number of amides is 3. The van der Waals surface area contributed by atoms with Crippen LogP contribution in [-0.4, -0.2) is 34.6 Å². The van der Waals surface area contributed by atoms with Crippen molar-refractivity contribution in [3.8, 4) is 5.75 Å². The summed E-state index contributed by atoms with van der Waals surface area (Å²) in [5.74, 6) is -0.389. The molecule has 2 N–H and O–H groups in total. The molecular formula is C35H31N3O5S2. The first-order valence-electron chi connectivity index (χ1n) is 15.2. The van der Waals surface area contributed by atoms with E-state index in [1.54, 1.807) is 11.8 Å². The van der Waals surface area contributed by atoms with E-state index in [2.05, 4.69) is 10.3 Å². The van der Waals surface area contributed by atoms with Crippen LogP contribution in [-0.2, 0) is 14.4 Å². The fourth-order valence-electron chi connectivity index (χ4n) is 8.16. The first-order valence-corrected chi connectivity index (χ1v) is 16.9. The molecule has 3 heterocycles. The van der Waals surface area contributed by atoms with Crippen LogP contribution in [0.4, 0.5) is 11.4 Å². The molecule has 2 bridgehead atoms. The molecule has 10 heteroatoms. The standard InChI is InChI=1S/C35H31N3O5S2/c1-17-7-11-20(12-8-17)38-33(40)28-22-15-23(29(28)34(38)41)30-27(22)26(31-32(44-30)37-35(42)45-31)19-9-13-21(14-10-19)43-16-25(39)36-24-6-4-3-5-18(24)2/h3-14,22-23,26-30H,15-16H2,1-2H3,(H,36,39)(H,37,42)/t22-,23-,26+,27-,28+,29+,30-/m1/s1. The molecule has 3 amide bonds. The molecule has 4 aromatic rings. The van der Waals surface area contributed by atoms with Gasteiger partial charge < -0.3 is 15.0 Å². The SMILES string of the molecule is Cc1ccc(N2C(=O)[C@H]3[C@H]4C[C@@H]([C@@H]3C2=O)[C@@H]2[C@H](c3ccc(OCC(=O)Nc5ccccc5C)cc3)c3sc(=O)[nH]c3S[C@H]42)cc1. The fraction of sp³-hybridized carbons (Fsp3) is 0.314. The van der Waals surface area contributed by atoms with Gasteiger partial charge in [-0.15, -0.1) is 11.8 Å². The normalized spacial score (nSPS) is 27.7. The fourth-order valence-corrected chi connectivity index (χ4v) is 11.0. The molecule has 228 valence electrons.